The van der Waals surface area contributed by atoms with Crippen molar-refractivity contribution in [3.05, 3.63) is 79.9 Å². The normalized spacial score (nSPS) is 10.5. The minimum Gasteiger partial charge on any atom is -0.493 e. The number of hydrogen-bond donors (Lipinski definition) is 0. The van der Waals surface area contributed by atoms with Crippen molar-refractivity contribution in [1.82, 2.24) is 9.97 Å². The lowest BCUT2D eigenvalue weighted by Crippen LogP contribution is -2.10. The molecule has 10 heteroatoms. The highest BCUT2D eigenvalue weighted by Crippen LogP contribution is 2.28. The van der Waals surface area contributed by atoms with Gasteiger partial charge in [0.05, 0.1) is 35.4 Å². The Balaban J connectivity index is 1.65. The molecule has 3 aromatic rings. The minimum absolute atomic E-state index is 0.0906. The molecule has 0 radical (unpaired) electrons. The Hall–Kier alpha value is -3.03. The average molecular weight is 607 g/mol. The Morgan fingerprint density at radius 3 is 2.74 bits per heavy atom. The van der Waals surface area contributed by atoms with Gasteiger partial charge >= 0.3 is 5.97 Å². The molecule has 2 heterocycles. The van der Waals surface area contributed by atoms with Crippen molar-refractivity contribution in [2.24, 2.45) is 0 Å². The van der Waals surface area contributed by atoms with Crippen LogP contribution < -0.4 is 9.47 Å². The van der Waals surface area contributed by atoms with Crippen molar-refractivity contribution < 1.29 is 23.4 Å². The predicted molar refractivity (Wildman–Crippen MR) is 133 cm³/mol. The number of esters is 1. The zero-order valence-electron chi connectivity index (χ0n) is 18.9. The van der Waals surface area contributed by atoms with E-state index in [0.717, 1.165) is 5.56 Å². The third kappa shape index (κ3) is 8.01. The van der Waals surface area contributed by atoms with E-state index in [0.29, 0.717) is 52.5 Å². The highest BCUT2D eigenvalue weighted by Gasteiger charge is 2.15. The lowest BCUT2D eigenvalue weighted by atomic mass is 10.1. The SMILES string of the molecule is CCOC(=O)Cc1cc(F)c(Br)cc1OCCCc1cc(C#N)cnc1COc1cccc(Br)n1. The number of aromatic nitrogens is 2. The Kier molecular flexibility index (Phi) is 9.99. The number of carbonyl (C=O) groups excluding carboxylic acids is 1. The maximum Gasteiger partial charge on any atom is 0.310 e. The summed E-state index contributed by atoms with van der Waals surface area (Å²) in [6, 6.07) is 12.0. The second-order valence-corrected chi connectivity index (χ2v) is 9.00. The van der Waals surface area contributed by atoms with Crippen LogP contribution in [-0.4, -0.2) is 29.2 Å². The largest absolute Gasteiger partial charge is 0.493 e. The number of nitrogens with zero attached hydrogens (tertiary/aromatic N) is 3. The molecule has 7 nitrogen and oxygen atoms in total. The first-order valence-electron chi connectivity index (χ1n) is 10.8. The summed E-state index contributed by atoms with van der Waals surface area (Å²) in [6.45, 7) is 2.45. The van der Waals surface area contributed by atoms with Gasteiger partial charge in [0, 0.05) is 17.8 Å². The summed E-state index contributed by atoms with van der Waals surface area (Å²) in [6.07, 6.45) is 2.58. The molecule has 35 heavy (non-hydrogen) atoms. The molecule has 0 aliphatic heterocycles. The van der Waals surface area contributed by atoms with E-state index in [-0.39, 0.29) is 24.1 Å². The van der Waals surface area contributed by atoms with E-state index >= 15 is 0 Å². The van der Waals surface area contributed by atoms with E-state index in [1.54, 1.807) is 25.1 Å². The molecule has 1 aromatic carbocycles. The number of pyridine rings is 2. The lowest BCUT2D eigenvalue weighted by Gasteiger charge is -2.14. The van der Waals surface area contributed by atoms with Gasteiger partial charge in [0.1, 0.15) is 28.8 Å². The number of halogens is 3. The van der Waals surface area contributed by atoms with Gasteiger partial charge < -0.3 is 14.2 Å². The second-order valence-electron chi connectivity index (χ2n) is 7.34. The van der Waals surface area contributed by atoms with E-state index in [1.165, 1.54) is 18.3 Å². The number of carbonyl (C=O) groups is 1. The first-order valence-corrected chi connectivity index (χ1v) is 12.4. The van der Waals surface area contributed by atoms with Gasteiger partial charge in [-0.15, -0.1) is 0 Å². The van der Waals surface area contributed by atoms with Crippen LogP contribution in [0.1, 0.15) is 35.7 Å². The molecular weight excluding hydrogens is 585 g/mol. The summed E-state index contributed by atoms with van der Waals surface area (Å²) in [5.74, 6) is -0.0843. The van der Waals surface area contributed by atoms with Gasteiger partial charge in [-0.1, -0.05) is 6.07 Å². The van der Waals surface area contributed by atoms with Crippen LogP contribution in [0.2, 0.25) is 0 Å². The van der Waals surface area contributed by atoms with Crippen LogP contribution in [0, 0.1) is 17.1 Å². The molecule has 0 fully saturated rings. The number of rotatable bonds is 11. The third-order valence-corrected chi connectivity index (χ3v) is 5.88. The number of hydrogen-bond acceptors (Lipinski definition) is 7. The quantitative estimate of drug-likeness (QED) is 0.157. The number of ether oxygens (including phenoxy) is 3. The summed E-state index contributed by atoms with van der Waals surface area (Å²) >= 11 is 6.47. The molecular formula is C25H22Br2FN3O4. The molecule has 0 saturated heterocycles. The topological polar surface area (TPSA) is 94.3 Å². The van der Waals surface area contributed by atoms with Crippen LogP contribution in [0.3, 0.4) is 0 Å². The Morgan fingerprint density at radius 2 is 2.00 bits per heavy atom. The van der Waals surface area contributed by atoms with Crippen molar-refractivity contribution in [3.8, 4) is 17.7 Å². The summed E-state index contributed by atoms with van der Waals surface area (Å²) in [5, 5.41) is 9.27. The van der Waals surface area contributed by atoms with E-state index < -0.39 is 11.8 Å². The number of benzene rings is 1. The molecule has 0 aliphatic rings. The molecule has 0 N–H and O–H groups in total. The number of nitriles is 1. The first kappa shape index (κ1) is 26.6. The Bertz CT molecular complexity index is 1230. The fraction of sp³-hybridized carbons (Fsp3) is 0.280. The Labute approximate surface area is 219 Å². The molecule has 0 aliphatic carbocycles. The zero-order valence-corrected chi connectivity index (χ0v) is 22.1. The number of aryl methyl sites for hydroxylation is 1. The van der Waals surface area contributed by atoms with Crippen molar-refractivity contribution >= 4 is 37.8 Å². The van der Waals surface area contributed by atoms with Crippen molar-refractivity contribution in [2.45, 2.75) is 32.8 Å². The van der Waals surface area contributed by atoms with Gasteiger partial charge in [-0.05, 0) is 81.5 Å². The van der Waals surface area contributed by atoms with Crippen LogP contribution in [0.5, 0.6) is 11.6 Å². The van der Waals surface area contributed by atoms with Crippen LogP contribution in [-0.2, 0) is 29.0 Å². The summed E-state index contributed by atoms with van der Waals surface area (Å²) in [7, 11) is 0. The monoisotopic (exact) mass is 605 g/mol. The predicted octanol–water partition coefficient (Wildman–Crippen LogP) is 5.71. The van der Waals surface area contributed by atoms with Gasteiger partial charge in [-0.3, -0.25) is 9.78 Å². The van der Waals surface area contributed by atoms with E-state index in [9.17, 15) is 14.4 Å². The molecule has 0 atom stereocenters. The first-order chi connectivity index (χ1) is 16.9. The van der Waals surface area contributed by atoms with Gasteiger partial charge in [0.25, 0.3) is 0 Å². The fourth-order valence-corrected chi connectivity index (χ4v) is 3.86. The van der Waals surface area contributed by atoms with E-state index in [1.807, 2.05) is 6.07 Å². The zero-order chi connectivity index (χ0) is 25.2. The van der Waals surface area contributed by atoms with Gasteiger partial charge in [-0.2, -0.15) is 5.26 Å². The lowest BCUT2D eigenvalue weighted by molar-refractivity contribution is -0.142. The van der Waals surface area contributed by atoms with Crippen LogP contribution in [0.15, 0.2) is 51.7 Å². The van der Waals surface area contributed by atoms with E-state index in [4.69, 9.17) is 14.2 Å². The summed E-state index contributed by atoms with van der Waals surface area (Å²) in [5.41, 5.74) is 2.41. The maximum absolute atomic E-state index is 14.0. The molecule has 3 rings (SSSR count). The molecule has 0 bridgehead atoms. The van der Waals surface area contributed by atoms with Crippen molar-refractivity contribution in [1.29, 1.82) is 5.26 Å². The molecule has 0 unspecified atom stereocenters. The average Bonchev–Trinajstić information content (AvgIpc) is 2.83. The highest BCUT2D eigenvalue weighted by molar-refractivity contribution is 9.10. The smallest absolute Gasteiger partial charge is 0.310 e. The molecule has 0 saturated carbocycles. The fourth-order valence-electron chi connectivity index (χ4n) is 3.21. The Morgan fingerprint density at radius 1 is 1.17 bits per heavy atom. The minimum atomic E-state index is -0.486. The van der Waals surface area contributed by atoms with Gasteiger partial charge in [-0.25, -0.2) is 9.37 Å². The van der Waals surface area contributed by atoms with Gasteiger partial charge in [0.15, 0.2) is 0 Å². The van der Waals surface area contributed by atoms with Crippen LogP contribution in [0.25, 0.3) is 0 Å². The van der Waals surface area contributed by atoms with Crippen molar-refractivity contribution in [3.63, 3.8) is 0 Å². The standard InChI is InChI=1S/C25H22Br2FN3O4/c1-2-33-25(32)11-18-10-20(28)19(26)12-22(18)34-8-4-5-17-9-16(13-29)14-30-21(17)15-35-24-7-3-6-23(27)31-24/h3,6-7,9-10,12,14H,2,4-5,8,11,15H2,1H3. The summed E-state index contributed by atoms with van der Waals surface area (Å²) < 4.78 is 31.5. The molecule has 0 amide bonds. The van der Waals surface area contributed by atoms with Gasteiger partial charge in [0.2, 0.25) is 5.88 Å². The van der Waals surface area contributed by atoms with Crippen LogP contribution >= 0.6 is 31.9 Å². The van der Waals surface area contributed by atoms with Crippen molar-refractivity contribution in [2.75, 3.05) is 13.2 Å². The third-order valence-electron chi connectivity index (χ3n) is 4.83. The van der Waals surface area contributed by atoms with Crippen LogP contribution in [0.4, 0.5) is 4.39 Å². The second kappa shape index (κ2) is 13.2. The summed E-state index contributed by atoms with van der Waals surface area (Å²) in [4.78, 5) is 20.5. The highest BCUT2D eigenvalue weighted by atomic mass is 79.9. The maximum atomic E-state index is 14.0. The molecule has 182 valence electrons. The molecule has 2 aromatic heterocycles. The van der Waals surface area contributed by atoms with E-state index in [2.05, 4.69) is 47.9 Å². The molecule has 0 spiro atoms.